The Morgan fingerprint density at radius 1 is 1.29 bits per heavy atom. The number of hydrogen-bond acceptors (Lipinski definition) is 7. The van der Waals surface area contributed by atoms with Crippen molar-refractivity contribution < 1.29 is 24.1 Å². The van der Waals surface area contributed by atoms with Crippen molar-refractivity contribution in [3.63, 3.8) is 0 Å². The van der Waals surface area contributed by atoms with Gasteiger partial charge in [-0.2, -0.15) is 0 Å². The number of hydrogen-bond donors (Lipinski definition) is 1. The first kappa shape index (κ1) is 24.0. The summed E-state index contributed by atoms with van der Waals surface area (Å²) in [6.45, 7) is 7.83. The number of nitrogens with zero attached hydrogens (tertiary/aromatic N) is 3. The summed E-state index contributed by atoms with van der Waals surface area (Å²) in [4.78, 5) is 21.8. The molecule has 4 rings (SSSR count). The Kier molecular flexibility index (Phi) is 7.38. The second-order valence-electron chi connectivity index (χ2n) is 9.13. The Labute approximate surface area is 200 Å². The Bertz CT molecular complexity index is 1060. The molecule has 0 fully saturated rings. The Balaban J connectivity index is 1.57. The fraction of sp³-hybridized carbons (Fsp3) is 0.462. The van der Waals surface area contributed by atoms with Crippen LogP contribution in [0.4, 0.5) is 0 Å². The molecule has 1 aromatic heterocycles. The molecule has 1 N–H and O–H groups in total. The molecule has 0 radical (unpaired) electrons. The summed E-state index contributed by atoms with van der Waals surface area (Å²) in [5.74, 6) is 1.73. The van der Waals surface area contributed by atoms with Crippen LogP contribution >= 0.6 is 0 Å². The van der Waals surface area contributed by atoms with Gasteiger partial charge in [-0.1, -0.05) is 25.1 Å². The summed E-state index contributed by atoms with van der Waals surface area (Å²) in [5.41, 5.74) is 2.37. The van der Waals surface area contributed by atoms with E-state index in [0.29, 0.717) is 31.1 Å². The Morgan fingerprint density at radius 2 is 2.09 bits per heavy atom. The highest BCUT2D eigenvalue weighted by molar-refractivity contribution is 5.97. The summed E-state index contributed by atoms with van der Waals surface area (Å²) in [6.07, 6.45) is 5.32. The molecule has 2 aliphatic rings. The zero-order valence-corrected chi connectivity index (χ0v) is 20.2. The van der Waals surface area contributed by atoms with Crippen LogP contribution in [0.3, 0.4) is 0 Å². The predicted octanol–water partition coefficient (Wildman–Crippen LogP) is 3.20. The number of pyridine rings is 1. The molecule has 2 aliphatic heterocycles. The number of amides is 1. The van der Waals surface area contributed by atoms with Gasteiger partial charge in [-0.25, -0.2) is 4.98 Å². The SMILES string of the molecule is C/C=C/c1cnc2c(c1)C(=O)N([C@@H](C)CO)C[C@@H](C)[C@H](CN(C)Cc1ccc3c(c1)OCO3)O2. The van der Waals surface area contributed by atoms with Crippen LogP contribution in [0.2, 0.25) is 0 Å². The minimum Gasteiger partial charge on any atom is -0.472 e. The first-order valence-corrected chi connectivity index (χ1v) is 11.7. The van der Waals surface area contributed by atoms with E-state index in [0.717, 1.165) is 22.6 Å². The van der Waals surface area contributed by atoms with E-state index in [2.05, 4.69) is 16.8 Å². The van der Waals surface area contributed by atoms with Crippen molar-refractivity contribution in [1.82, 2.24) is 14.8 Å². The number of ether oxygens (including phenoxy) is 3. The van der Waals surface area contributed by atoms with Crippen LogP contribution in [0.1, 0.15) is 42.3 Å². The van der Waals surface area contributed by atoms with Crippen molar-refractivity contribution in [1.29, 1.82) is 0 Å². The number of rotatable bonds is 7. The molecule has 3 heterocycles. The van der Waals surface area contributed by atoms with Crippen LogP contribution in [0, 0.1) is 5.92 Å². The van der Waals surface area contributed by atoms with Gasteiger partial charge in [-0.3, -0.25) is 9.69 Å². The van der Waals surface area contributed by atoms with Crippen LogP contribution in [0.15, 0.2) is 36.5 Å². The number of aliphatic hydroxyl groups is 1. The topological polar surface area (TPSA) is 84.4 Å². The fourth-order valence-corrected chi connectivity index (χ4v) is 4.34. The highest BCUT2D eigenvalue weighted by atomic mass is 16.7. The standard InChI is InChI=1S/C26H33N3O5/c1-5-6-19-9-21-25(27-11-19)34-24(17(2)12-29(26(21)31)18(3)15-30)14-28(4)13-20-7-8-22-23(10-20)33-16-32-22/h5-11,17-18,24,30H,12-16H2,1-4H3/b6-5+/t17-,18+,24+/m1/s1. The quantitative estimate of drug-likeness (QED) is 0.669. The van der Waals surface area contributed by atoms with E-state index >= 15 is 0 Å². The number of carbonyl (C=O) groups is 1. The van der Waals surface area contributed by atoms with Crippen LogP contribution < -0.4 is 14.2 Å². The maximum Gasteiger partial charge on any atom is 0.259 e. The smallest absolute Gasteiger partial charge is 0.259 e. The van der Waals surface area contributed by atoms with Crippen LogP contribution in [0.5, 0.6) is 17.4 Å². The largest absolute Gasteiger partial charge is 0.472 e. The molecule has 0 saturated heterocycles. The third-order valence-electron chi connectivity index (χ3n) is 6.28. The normalized spacial score (nSPS) is 20.8. The molecule has 34 heavy (non-hydrogen) atoms. The molecule has 8 nitrogen and oxygen atoms in total. The number of allylic oxidation sites excluding steroid dienone is 1. The lowest BCUT2D eigenvalue weighted by atomic mass is 9.99. The molecule has 182 valence electrons. The fourth-order valence-electron chi connectivity index (χ4n) is 4.34. The first-order valence-electron chi connectivity index (χ1n) is 11.7. The van der Waals surface area contributed by atoms with E-state index in [1.165, 1.54) is 0 Å². The van der Waals surface area contributed by atoms with E-state index in [9.17, 15) is 9.90 Å². The number of benzene rings is 1. The Morgan fingerprint density at radius 3 is 2.85 bits per heavy atom. The number of carbonyl (C=O) groups excluding carboxylic acids is 1. The summed E-state index contributed by atoms with van der Waals surface area (Å²) >= 11 is 0. The third kappa shape index (κ3) is 5.18. The molecule has 0 aliphatic carbocycles. The zero-order chi connectivity index (χ0) is 24.2. The molecular formula is C26H33N3O5. The summed E-state index contributed by atoms with van der Waals surface area (Å²) in [7, 11) is 2.04. The maximum absolute atomic E-state index is 13.4. The minimum atomic E-state index is -0.307. The number of aromatic nitrogens is 1. The summed E-state index contributed by atoms with van der Waals surface area (Å²) < 4.78 is 17.3. The van der Waals surface area contributed by atoms with Crippen molar-refractivity contribution >= 4 is 12.0 Å². The predicted molar refractivity (Wildman–Crippen MR) is 129 cm³/mol. The molecule has 1 amide bonds. The highest BCUT2D eigenvalue weighted by Gasteiger charge is 2.34. The van der Waals surface area contributed by atoms with Crippen molar-refractivity contribution in [2.75, 3.05) is 33.5 Å². The van der Waals surface area contributed by atoms with E-state index in [-0.39, 0.29) is 37.4 Å². The lowest BCUT2D eigenvalue weighted by Crippen LogP contribution is -2.49. The third-order valence-corrected chi connectivity index (χ3v) is 6.28. The van der Waals surface area contributed by atoms with Crippen LogP contribution in [0.25, 0.3) is 6.08 Å². The summed E-state index contributed by atoms with van der Waals surface area (Å²) in [5, 5.41) is 9.80. The van der Waals surface area contributed by atoms with Crippen molar-refractivity contribution in [2.24, 2.45) is 5.92 Å². The van der Waals surface area contributed by atoms with E-state index in [4.69, 9.17) is 14.2 Å². The second kappa shape index (κ2) is 10.4. The van der Waals surface area contributed by atoms with Gasteiger partial charge in [0.25, 0.3) is 5.91 Å². The highest BCUT2D eigenvalue weighted by Crippen LogP contribution is 2.33. The molecule has 1 aromatic carbocycles. The monoisotopic (exact) mass is 467 g/mol. The summed E-state index contributed by atoms with van der Waals surface area (Å²) in [6, 6.07) is 7.48. The van der Waals surface area contributed by atoms with Crippen molar-refractivity contribution in [2.45, 2.75) is 39.5 Å². The second-order valence-corrected chi connectivity index (χ2v) is 9.13. The zero-order valence-electron chi connectivity index (χ0n) is 20.2. The van der Waals surface area contributed by atoms with Crippen LogP contribution in [-0.2, 0) is 6.54 Å². The lowest BCUT2D eigenvalue weighted by Gasteiger charge is -2.37. The van der Waals surface area contributed by atoms with Crippen molar-refractivity contribution in [3.05, 3.63) is 53.2 Å². The molecular weight excluding hydrogens is 434 g/mol. The first-order chi connectivity index (χ1) is 16.4. The van der Waals surface area contributed by atoms with Gasteiger partial charge in [0.2, 0.25) is 12.7 Å². The van der Waals surface area contributed by atoms with Gasteiger partial charge in [0, 0.05) is 31.7 Å². The molecule has 2 aromatic rings. The van der Waals surface area contributed by atoms with Gasteiger partial charge in [0.15, 0.2) is 11.5 Å². The van der Waals surface area contributed by atoms with Gasteiger partial charge < -0.3 is 24.2 Å². The van der Waals surface area contributed by atoms with E-state index < -0.39 is 0 Å². The average Bonchev–Trinajstić information content (AvgIpc) is 3.29. The van der Waals surface area contributed by atoms with Crippen molar-refractivity contribution in [3.8, 4) is 17.4 Å². The van der Waals surface area contributed by atoms with Gasteiger partial charge >= 0.3 is 0 Å². The van der Waals surface area contributed by atoms with Crippen LogP contribution in [-0.4, -0.2) is 71.5 Å². The van der Waals surface area contributed by atoms with Gasteiger partial charge in [0.1, 0.15) is 11.7 Å². The van der Waals surface area contributed by atoms with Gasteiger partial charge in [-0.15, -0.1) is 0 Å². The average molecular weight is 468 g/mol. The Hall–Kier alpha value is -3.10. The number of aliphatic hydroxyl groups excluding tert-OH is 1. The van der Waals surface area contributed by atoms with Gasteiger partial charge in [-0.05, 0) is 50.2 Å². The van der Waals surface area contributed by atoms with E-state index in [1.54, 1.807) is 11.1 Å². The molecule has 8 heteroatoms. The molecule has 3 atom stereocenters. The molecule has 0 bridgehead atoms. The molecule has 0 spiro atoms. The number of fused-ring (bicyclic) bond motifs is 2. The maximum atomic E-state index is 13.4. The molecule has 0 saturated carbocycles. The van der Waals surface area contributed by atoms with E-state index in [1.807, 2.05) is 57.3 Å². The number of likely N-dealkylation sites (N-methyl/N-ethyl adjacent to an activating group) is 1. The minimum absolute atomic E-state index is 0.0299. The van der Waals surface area contributed by atoms with Gasteiger partial charge in [0.05, 0.1) is 12.6 Å². The molecule has 0 unspecified atom stereocenters. The lowest BCUT2D eigenvalue weighted by molar-refractivity contribution is 0.0325.